The Morgan fingerprint density at radius 3 is 2.81 bits per heavy atom. The Bertz CT molecular complexity index is 510. The number of hydrogen-bond acceptors (Lipinski definition) is 4. The Hall–Kier alpha value is -1.59. The number of nitrogens with zero attached hydrogens (tertiary/aromatic N) is 2. The minimum absolute atomic E-state index is 0.142. The van der Waals surface area contributed by atoms with Crippen molar-refractivity contribution in [3.05, 3.63) is 29.3 Å². The fourth-order valence-corrected chi connectivity index (χ4v) is 2.99. The van der Waals surface area contributed by atoms with Crippen molar-refractivity contribution in [2.24, 2.45) is 5.73 Å². The Morgan fingerprint density at radius 1 is 1.24 bits per heavy atom. The van der Waals surface area contributed by atoms with Crippen LogP contribution in [0.15, 0.2) is 18.2 Å². The van der Waals surface area contributed by atoms with Crippen molar-refractivity contribution >= 4 is 5.91 Å². The van der Waals surface area contributed by atoms with E-state index in [0.29, 0.717) is 0 Å². The predicted octanol–water partition coefficient (Wildman–Crippen LogP) is 0.728. The molecule has 0 atom stereocenters. The largest absolute Gasteiger partial charge is 0.493 e. The lowest BCUT2D eigenvalue weighted by atomic mass is 10.1. The molecular weight excluding hydrogens is 266 g/mol. The van der Waals surface area contributed by atoms with Gasteiger partial charge in [-0.1, -0.05) is 0 Å². The van der Waals surface area contributed by atoms with Crippen molar-refractivity contribution in [3.8, 4) is 5.75 Å². The molecule has 2 N–H and O–H groups in total. The van der Waals surface area contributed by atoms with Crippen LogP contribution in [-0.2, 0) is 6.42 Å². The van der Waals surface area contributed by atoms with Crippen LogP contribution in [0.2, 0.25) is 0 Å². The number of ether oxygens (including phenoxy) is 1. The molecule has 1 aromatic carbocycles. The zero-order valence-corrected chi connectivity index (χ0v) is 12.4. The number of benzene rings is 1. The van der Waals surface area contributed by atoms with Crippen molar-refractivity contribution in [1.29, 1.82) is 0 Å². The molecule has 21 heavy (non-hydrogen) atoms. The lowest BCUT2D eigenvalue weighted by Gasteiger charge is -2.34. The highest BCUT2D eigenvalue weighted by Gasteiger charge is 2.23. The van der Waals surface area contributed by atoms with Gasteiger partial charge in [-0.15, -0.1) is 0 Å². The van der Waals surface area contributed by atoms with Crippen molar-refractivity contribution in [2.45, 2.75) is 12.8 Å². The van der Waals surface area contributed by atoms with Crippen LogP contribution in [0, 0.1) is 0 Å². The van der Waals surface area contributed by atoms with Gasteiger partial charge in [0.1, 0.15) is 5.75 Å². The van der Waals surface area contributed by atoms with Crippen LogP contribution < -0.4 is 10.5 Å². The summed E-state index contributed by atoms with van der Waals surface area (Å²) in [7, 11) is 0. The van der Waals surface area contributed by atoms with E-state index >= 15 is 0 Å². The summed E-state index contributed by atoms with van der Waals surface area (Å²) in [5.74, 6) is 1.07. The molecule has 2 heterocycles. The summed E-state index contributed by atoms with van der Waals surface area (Å²) in [4.78, 5) is 16.9. The van der Waals surface area contributed by atoms with Gasteiger partial charge in [-0.05, 0) is 43.3 Å². The number of rotatable bonds is 4. The second-order valence-corrected chi connectivity index (χ2v) is 5.70. The number of carbonyl (C=O) groups excluding carboxylic acids is 1. The van der Waals surface area contributed by atoms with Crippen LogP contribution in [0.1, 0.15) is 22.3 Å². The third kappa shape index (κ3) is 3.19. The third-order valence-corrected chi connectivity index (χ3v) is 4.27. The van der Waals surface area contributed by atoms with Gasteiger partial charge < -0.3 is 15.4 Å². The van der Waals surface area contributed by atoms with Gasteiger partial charge in [0.05, 0.1) is 6.61 Å². The second kappa shape index (κ2) is 6.45. The molecule has 0 spiro atoms. The fourth-order valence-electron chi connectivity index (χ4n) is 2.99. The number of carbonyl (C=O) groups is 1. The molecule has 3 rings (SSSR count). The zero-order chi connectivity index (χ0) is 14.7. The Kier molecular flexibility index (Phi) is 4.41. The maximum absolute atomic E-state index is 12.6. The first-order valence-electron chi connectivity index (χ1n) is 7.75. The molecule has 2 aliphatic heterocycles. The molecule has 1 fully saturated rings. The topological polar surface area (TPSA) is 58.8 Å². The molecule has 0 aromatic heterocycles. The standard InChI is InChI=1S/C16H23N3O2/c17-5-1-6-18-7-9-19(10-8-18)16(20)14-2-3-15-13(12-14)4-11-21-15/h2-3,12H,1,4-11,17H2. The van der Waals surface area contributed by atoms with Crippen LogP contribution in [-0.4, -0.2) is 61.6 Å². The van der Waals surface area contributed by atoms with Gasteiger partial charge in [0.25, 0.3) is 5.91 Å². The van der Waals surface area contributed by atoms with Crippen LogP contribution in [0.25, 0.3) is 0 Å². The Morgan fingerprint density at radius 2 is 2.05 bits per heavy atom. The predicted molar refractivity (Wildman–Crippen MR) is 81.7 cm³/mol. The summed E-state index contributed by atoms with van der Waals surface area (Å²) in [6, 6.07) is 5.80. The van der Waals surface area contributed by atoms with Crippen LogP contribution in [0.3, 0.4) is 0 Å². The smallest absolute Gasteiger partial charge is 0.253 e. The lowest BCUT2D eigenvalue weighted by Crippen LogP contribution is -2.49. The molecule has 5 nitrogen and oxygen atoms in total. The summed E-state index contributed by atoms with van der Waals surface area (Å²) in [6.45, 7) is 5.99. The molecule has 0 unspecified atom stereocenters. The van der Waals surface area contributed by atoms with Gasteiger partial charge in [0.2, 0.25) is 0 Å². The Labute approximate surface area is 125 Å². The number of fused-ring (bicyclic) bond motifs is 1. The van der Waals surface area contributed by atoms with E-state index in [2.05, 4.69) is 4.90 Å². The first-order chi connectivity index (χ1) is 10.3. The molecule has 2 aliphatic rings. The van der Waals surface area contributed by atoms with Crippen LogP contribution in [0.5, 0.6) is 5.75 Å². The van der Waals surface area contributed by atoms with Crippen molar-refractivity contribution in [1.82, 2.24) is 9.80 Å². The van der Waals surface area contributed by atoms with Gasteiger partial charge in [-0.3, -0.25) is 9.69 Å². The summed E-state index contributed by atoms with van der Waals surface area (Å²) >= 11 is 0. The van der Waals surface area contributed by atoms with E-state index in [1.54, 1.807) is 0 Å². The highest BCUT2D eigenvalue weighted by molar-refractivity contribution is 5.94. The molecule has 114 valence electrons. The van der Waals surface area contributed by atoms with E-state index < -0.39 is 0 Å². The first-order valence-corrected chi connectivity index (χ1v) is 7.75. The SMILES string of the molecule is NCCCN1CCN(C(=O)c2ccc3c(c2)CCO3)CC1. The number of hydrogen-bond donors (Lipinski definition) is 1. The number of nitrogens with two attached hydrogens (primary N) is 1. The molecule has 1 saturated heterocycles. The quantitative estimate of drug-likeness (QED) is 0.888. The molecule has 5 heteroatoms. The summed E-state index contributed by atoms with van der Waals surface area (Å²) in [6.07, 6.45) is 1.93. The minimum atomic E-state index is 0.142. The van der Waals surface area contributed by atoms with Crippen LogP contribution >= 0.6 is 0 Å². The second-order valence-electron chi connectivity index (χ2n) is 5.70. The van der Waals surface area contributed by atoms with E-state index in [-0.39, 0.29) is 5.91 Å². The van der Waals surface area contributed by atoms with E-state index in [4.69, 9.17) is 10.5 Å². The number of piperazine rings is 1. The zero-order valence-electron chi connectivity index (χ0n) is 12.4. The van der Waals surface area contributed by atoms with E-state index in [1.165, 1.54) is 0 Å². The molecule has 0 saturated carbocycles. The van der Waals surface area contributed by atoms with Crippen molar-refractivity contribution < 1.29 is 9.53 Å². The molecule has 1 aromatic rings. The summed E-state index contributed by atoms with van der Waals surface area (Å²) < 4.78 is 5.49. The van der Waals surface area contributed by atoms with Crippen molar-refractivity contribution in [3.63, 3.8) is 0 Å². The minimum Gasteiger partial charge on any atom is -0.493 e. The maximum Gasteiger partial charge on any atom is 0.253 e. The van der Waals surface area contributed by atoms with Gasteiger partial charge in [-0.2, -0.15) is 0 Å². The summed E-state index contributed by atoms with van der Waals surface area (Å²) in [5, 5.41) is 0. The van der Waals surface area contributed by atoms with Gasteiger partial charge in [-0.25, -0.2) is 0 Å². The van der Waals surface area contributed by atoms with E-state index in [9.17, 15) is 4.79 Å². The summed E-state index contributed by atoms with van der Waals surface area (Å²) in [5.41, 5.74) is 7.48. The first kappa shape index (κ1) is 14.4. The fraction of sp³-hybridized carbons (Fsp3) is 0.562. The molecule has 0 aliphatic carbocycles. The third-order valence-electron chi connectivity index (χ3n) is 4.27. The Balaban J connectivity index is 1.59. The highest BCUT2D eigenvalue weighted by Crippen LogP contribution is 2.26. The average molecular weight is 289 g/mol. The molecule has 0 radical (unpaired) electrons. The van der Waals surface area contributed by atoms with E-state index in [0.717, 1.165) is 75.6 Å². The molecule has 1 amide bonds. The molecular formula is C16H23N3O2. The normalized spacial score (nSPS) is 18.4. The van der Waals surface area contributed by atoms with Gasteiger partial charge >= 0.3 is 0 Å². The van der Waals surface area contributed by atoms with Gasteiger partial charge in [0.15, 0.2) is 0 Å². The molecule has 0 bridgehead atoms. The maximum atomic E-state index is 12.6. The lowest BCUT2D eigenvalue weighted by molar-refractivity contribution is 0.0636. The monoisotopic (exact) mass is 289 g/mol. The number of amides is 1. The van der Waals surface area contributed by atoms with Gasteiger partial charge in [0, 0.05) is 38.2 Å². The highest BCUT2D eigenvalue weighted by atomic mass is 16.5. The van der Waals surface area contributed by atoms with Crippen LogP contribution in [0.4, 0.5) is 0 Å². The van der Waals surface area contributed by atoms with Crippen molar-refractivity contribution in [2.75, 3.05) is 45.9 Å². The average Bonchev–Trinajstić information content (AvgIpc) is 3.00. The van der Waals surface area contributed by atoms with E-state index in [1.807, 2.05) is 23.1 Å².